The van der Waals surface area contributed by atoms with Crippen molar-refractivity contribution in [2.75, 3.05) is 11.4 Å². The maximum atomic E-state index is 4.67. The molecule has 1 unspecified atom stereocenters. The lowest BCUT2D eigenvalue weighted by Crippen LogP contribution is -2.37. The van der Waals surface area contributed by atoms with E-state index in [1.165, 1.54) is 33.3 Å². The highest BCUT2D eigenvalue weighted by molar-refractivity contribution is 5.89. The van der Waals surface area contributed by atoms with Crippen LogP contribution in [0.1, 0.15) is 28.4 Å². The second-order valence-electron chi connectivity index (χ2n) is 7.65. The fraction of sp³-hybridized carbons (Fsp3) is 0.174. The Labute approximate surface area is 167 Å². The van der Waals surface area contributed by atoms with E-state index in [0.717, 1.165) is 29.8 Å². The SMILES string of the molecule is Cc1cccc(C2c3[nH]c4ccccc4c3CCN2c2ncnc3[nH]ncc23)c1. The Hall–Kier alpha value is -3.67. The third-order valence-corrected chi connectivity index (χ3v) is 5.89. The number of anilines is 1. The van der Waals surface area contributed by atoms with E-state index in [1.807, 2.05) is 6.20 Å². The molecule has 2 N–H and O–H groups in total. The number of fused-ring (bicyclic) bond motifs is 4. The number of hydrogen-bond acceptors (Lipinski definition) is 4. The highest BCUT2D eigenvalue weighted by Gasteiger charge is 2.33. The van der Waals surface area contributed by atoms with Gasteiger partial charge in [0.2, 0.25) is 0 Å². The monoisotopic (exact) mass is 380 g/mol. The Morgan fingerprint density at radius 2 is 1.97 bits per heavy atom. The van der Waals surface area contributed by atoms with Gasteiger partial charge in [0.05, 0.1) is 17.6 Å². The zero-order valence-corrected chi connectivity index (χ0v) is 16.1. The van der Waals surface area contributed by atoms with Crippen LogP contribution in [0, 0.1) is 6.92 Å². The first-order valence-electron chi connectivity index (χ1n) is 9.86. The minimum absolute atomic E-state index is 0.0547. The summed E-state index contributed by atoms with van der Waals surface area (Å²) in [6.45, 7) is 3.02. The van der Waals surface area contributed by atoms with E-state index in [2.05, 4.69) is 85.5 Å². The summed E-state index contributed by atoms with van der Waals surface area (Å²) in [4.78, 5) is 15.1. The van der Waals surface area contributed by atoms with Crippen LogP contribution in [-0.2, 0) is 6.42 Å². The number of aromatic amines is 2. The molecule has 3 aromatic heterocycles. The van der Waals surface area contributed by atoms with Gasteiger partial charge in [0.15, 0.2) is 5.65 Å². The summed E-state index contributed by atoms with van der Waals surface area (Å²) in [5.41, 5.74) is 7.11. The summed E-state index contributed by atoms with van der Waals surface area (Å²) in [6, 6.07) is 17.4. The van der Waals surface area contributed by atoms with Gasteiger partial charge in [-0.3, -0.25) is 5.10 Å². The van der Waals surface area contributed by atoms with Crippen LogP contribution < -0.4 is 4.90 Å². The minimum Gasteiger partial charge on any atom is -0.356 e. The zero-order chi connectivity index (χ0) is 19.4. The van der Waals surface area contributed by atoms with Crippen molar-refractivity contribution in [2.45, 2.75) is 19.4 Å². The van der Waals surface area contributed by atoms with Crippen LogP contribution in [0.4, 0.5) is 5.82 Å². The van der Waals surface area contributed by atoms with Gasteiger partial charge in [-0.05, 0) is 30.5 Å². The zero-order valence-electron chi connectivity index (χ0n) is 16.1. The van der Waals surface area contributed by atoms with E-state index in [1.54, 1.807) is 6.33 Å². The Morgan fingerprint density at radius 3 is 2.90 bits per heavy atom. The lowest BCUT2D eigenvalue weighted by atomic mass is 9.91. The molecule has 0 radical (unpaired) electrons. The number of hydrogen-bond donors (Lipinski definition) is 2. The predicted octanol–water partition coefficient (Wildman–Crippen LogP) is 4.29. The molecule has 4 heterocycles. The quantitative estimate of drug-likeness (QED) is 0.479. The lowest BCUT2D eigenvalue weighted by molar-refractivity contribution is 0.637. The van der Waals surface area contributed by atoms with Crippen LogP contribution in [0.2, 0.25) is 0 Å². The minimum atomic E-state index is 0.0547. The van der Waals surface area contributed by atoms with Crippen molar-refractivity contribution in [3.8, 4) is 0 Å². The fourth-order valence-electron chi connectivity index (χ4n) is 4.64. The van der Waals surface area contributed by atoms with Crippen LogP contribution in [0.25, 0.3) is 21.9 Å². The predicted molar refractivity (Wildman–Crippen MR) is 114 cm³/mol. The van der Waals surface area contributed by atoms with E-state index in [0.29, 0.717) is 0 Å². The molecule has 0 spiro atoms. The molecule has 1 aliphatic rings. The van der Waals surface area contributed by atoms with E-state index in [4.69, 9.17) is 0 Å². The van der Waals surface area contributed by atoms with Gasteiger partial charge in [-0.1, -0.05) is 48.0 Å². The number of rotatable bonds is 2. The van der Waals surface area contributed by atoms with E-state index in [-0.39, 0.29) is 6.04 Å². The number of H-pyrrole nitrogens is 2. The van der Waals surface area contributed by atoms with Gasteiger partial charge in [0.1, 0.15) is 12.1 Å². The molecule has 0 amide bonds. The normalized spacial score (nSPS) is 16.4. The van der Waals surface area contributed by atoms with Crippen molar-refractivity contribution in [3.63, 3.8) is 0 Å². The van der Waals surface area contributed by atoms with Crippen molar-refractivity contribution in [2.24, 2.45) is 0 Å². The summed E-state index contributed by atoms with van der Waals surface area (Å²) in [5, 5.41) is 9.42. The molecule has 0 fully saturated rings. The first-order chi connectivity index (χ1) is 14.3. The summed E-state index contributed by atoms with van der Waals surface area (Å²) in [6.07, 6.45) is 4.40. The third kappa shape index (κ3) is 2.45. The first kappa shape index (κ1) is 16.3. The molecule has 0 saturated carbocycles. The standard InChI is InChI=1S/C23H20N6/c1-14-5-4-6-15(11-14)21-20-17(16-7-2-3-8-19(16)27-20)9-10-29(21)23-18-12-26-28-22(18)24-13-25-23/h2-8,11-13,21,27H,9-10H2,1H3,(H,24,25,26,28). The number of para-hydroxylation sites is 1. The molecule has 5 aromatic rings. The van der Waals surface area contributed by atoms with Gasteiger partial charge in [-0.25, -0.2) is 9.97 Å². The molecular weight excluding hydrogens is 360 g/mol. The van der Waals surface area contributed by atoms with Gasteiger partial charge in [-0.2, -0.15) is 5.10 Å². The molecule has 142 valence electrons. The molecule has 6 rings (SSSR count). The van der Waals surface area contributed by atoms with Gasteiger partial charge in [0, 0.05) is 23.1 Å². The smallest absolute Gasteiger partial charge is 0.160 e. The van der Waals surface area contributed by atoms with Crippen LogP contribution in [-0.4, -0.2) is 31.7 Å². The van der Waals surface area contributed by atoms with Gasteiger partial charge in [-0.15, -0.1) is 0 Å². The van der Waals surface area contributed by atoms with Crippen molar-refractivity contribution < 1.29 is 0 Å². The van der Waals surface area contributed by atoms with Crippen LogP contribution >= 0.6 is 0 Å². The number of nitrogens with one attached hydrogen (secondary N) is 2. The van der Waals surface area contributed by atoms with Crippen LogP contribution in [0.3, 0.4) is 0 Å². The van der Waals surface area contributed by atoms with E-state index >= 15 is 0 Å². The summed E-state index contributed by atoms with van der Waals surface area (Å²) < 4.78 is 0. The lowest BCUT2D eigenvalue weighted by Gasteiger charge is -2.37. The highest BCUT2D eigenvalue weighted by Crippen LogP contribution is 2.41. The third-order valence-electron chi connectivity index (χ3n) is 5.89. The summed E-state index contributed by atoms with van der Waals surface area (Å²) in [7, 11) is 0. The van der Waals surface area contributed by atoms with Gasteiger partial charge < -0.3 is 9.88 Å². The van der Waals surface area contributed by atoms with Crippen molar-refractivity contribution in [3.05, 3.63) is 83.4 Å². The average Bonchev–Trinajstić information content (AvgIpc) is 3.37. The maximum absolute atomic E-state index is 4.67. The van der Waals surface area contributed by atoms with Crippen molar-refractivity contribution in [1.29, 1.82) is 0 Å². The molecule has 29 heavy (non-hydrogen) atoms. The molecule has 0 saturated heterocycles. The Morgan fingerprint density at radius 1 is 1.03 bits per heavy atom. The first-order valence-corrected chi connectivity index (χ1v) is 9.86. The molecule has 6 nitrogen and oxygen atoms in total. The molecule has 1 atom stereocenters. The van der Waals surface area contributed by atoms with E-state index < -0.39 is 0 Å². The van der Waals surface area contributed by atoms with Crippen LogP contribution in [0.15, 0.2) is 61.1 Å². The second kappa shape index (κ2) is 6.17. The van der Waals surface area contributed by atoms with Crippen molar-refractivity contribution in [1.82, 2.24) is 25.1 Å². The fourth-order valence-corrected chi connectivity index (χ4v) is 4.64. The van der Waals surface area contributed by atoms with Gasteiger partial charge >= 0.3 is 0 Å². The molecular formula is C23H20N6. The number of aryl methyl sites for hydroxylation is 1. The number of benzene rings is 2. The average molecular weight is 380 g/mol. The molecule has 6 heteroatoms. The molecule has 0 aliphatic carbocycles. The maximum Gasteiger partial charge on any atom is 0.160 e. The van der Waals surface area contributed by atoms with Crippen molar-refractivity contribution >= 4 is 27.8 Å². The molecule has 0 bridgehead atoms. The largest absolute Gasteiger partial charge is 0.356 e. The van der Waals surface area contributed by atoms with Crippen LogP contribution in [0.5, 0.6) is 0 Å². The topological polar surface area (TPSA) is 73.5 Å². The molecule has 2 aromatic carbocycles. The Kier molecular flexibility index (Phi) is 3.47. The highest BCUT2D eigenvalue weighted by atomic mass is 15.3. The summed E-state index contributed by atoms with van der Waals surface area (Å²) >= 11 is 0. The van der Waals surface area contributed by atoms with E-state index in [9.17, 15) is 0 Å². The van der Waals surface area contributed by atoms with Gasteiger partial charge in [0.25, 0.3) is 0 Å². The summed E-state index contributed by atoms with van der Waals surface area (Å²) in [5.74, 6) is 0.916. The Balaban J connectivity index is 1.61. The molecule has 1 aliphatic heterocycles. The Bertz CT molecular complexity index is 1350. The second-order valence-corrected chi connectivity index (χ2v) is 7.65. The number of nitrogens with zero attached hydrogens (tertiary/aromatic N) is 4. The number of aromatic nitrogens is 5.